The van der Waals surface area contributed by atoms with Crippen molar-refractivity contribution in [2.45, 2.75) is 6.54 Å². The van der Waals surface area contributed by atoms with E-state index in [1.807, 2.05) is 30.3 Å². The lowest BCUT2D eigenvalue weighted by atomic mass is 10.2. The van der Waals surface area contributed by atoms with Crippen molar-refractivity contribution in [2.75, 3.05) is 0 Å². The predicted octanol–water partition coefficient (Wildman–Crippen LogP) is -1.09. The fourth-order valence-corrected chi connectivity index (χ4v) is 1.32. The summed E-state index contributed by atoms with van der Waals surface area (Å²) in [5.41, 5.74) is 1.09. The van der Waals surface area contributed by atoms with E-state index in [0.717, 1.165) is 5.56 Å². The quantitative estimate of drug-likeness (QED) is 0.619. The fraction of sp³-hybridized carbons (Fsp3) is 0.100. The number of benzene rings is 1. The molecule has 0 bridgehead atoms. The zero-order chi connectivity index (χ0) is 9.15. The summed E-state index contributed by atoms with van der Waals surface area (Å²) in [6, 6.07) is 9.84. The van der Waals surface area contributed by atoms with Crippen LogP contribution in [0, 0.1) is 0 Å². The molecule has 0 aromatic heterocycles. The molecule has 1 aliphatic heterocycles. The highest BCUT2D eigenvalue weighted by Crippen LogP contribution is 2.13. The van der Waals surface area contributed by atoms with E-state index >= 15 is 0 Å². The lowest BCUT2D eigenvalue weighted by Crippen LogP contribution is -3.00. The van der Waals surface area contributed by atoms with Gasteiger partial charge < -0.3 is 12.4 Å². The second kappa shape index (κ2) is 4.37. The summed E-state index contributed by atoms with van der Waals surface area (Å²) in [7, 11) is 0. The maximum absolute atomic E-state index is 9.85. The number of halogens is 1. The zero-order valence-electron chi connectivity index (χ0n) is 7.55. The van der Waals surface area contributed by atoms with Crippen LogP contribution in [0.2, 0.25) is 0 Å². The Labute approximate surface area is 89.0 Å². The monoisotopic (exact) mass is 210 g/mol. The molecule has 0 aliphatic carbocycles. The standard InChI is InChI=1S/C10H11N2O.ClH/c13-12(7-6-11-9-12)8-10-4-2-1-3-5-10;/h1-7,9,13H,8H2;1H/q+1;/p-1. The molecule has 0 amide bonds. The highest BCUT2D eigenvalue weighted by atomic mass is 35.5. The number of aliphatic imine (C=N–C) groups is 1. The highest BCUT2D eigenvalue weighted by molar-refractivity contribution is 5.49. The minimum Gasteiger partial charge on any atom is -1.00 e. The molecule has 3 nitrogen and oxygen atoms in total. The molecular formula is C10H11ClN2O. The van der Waals surface area contributed by atoms with Crippen LogP contribution in [0.15, 0.2) is 47.7 Å². The summed E-state index contributed by atoms with van der Waals surface area (Å²) in [4.78, 5) is 3.85. The molecule has 1 aromatic rings. The molecule has 0 fully saturated rings. The van der Waals surface area contributed by atoms with Crippen molar-refractivity contribution in [1.29, 1.82) is 0 Å². The van der Waals surface area contributed by atoms with Crippen LogP contribution in [0.3, 0.4) is 0 Å². The number of nitrogens with zero attached hydrogens (tertiary/aromatic N) is 2. The first-order valence-electron chi connectivity index (χ1n) is 4.15. The van der Waals surface area contributed by atoms with Gasteiger partial charge in [0.05, 0.1) is 6.20 Å². The van der Waals surface area contributed by atoms with Gasteiger partial charge in [-0.2, -0.15) is 0 Å². The van der Waals surface area contributed by atoms with Gasteiger partial charge in [-0.15, -0.1) is 4.65 Å². The normalized spacial score (nSPS) is 23.5. The van der Waals surface area contributed by atoms with E-state index in [9.17, 15) is 5.21 Å². The van der Waals surface area contributed by atoms with Crippen LogP contribution in [-0.4, -0.2) is 16.2 Å². The van der Waals surface area contributed by atoms with Gasteiger partial charge >= 0.3 is 0 Å². The Balaban J connectivity index is 0.000000980. The molecule has 0 spiro atoms. The van der Waals surface area contributed by atoms with Crippen LogP contribution in [0.5, 0.6) is 0 Å². The van der Waals surface area contributed by atoms with Crippen molar-refractivity contribution < 1.29 is 22.3 Å². The Kier molecular flexibility index (Phi) is 3.41. The summed E-state index contributed by atoms with van der Waals surface area (Å²) in [6.45, 7) is 0.529. The summed E-state index contributed by atoms with van der Waals surface area (Å²) in [5, 5.41) is 9.85. The minimum absolute atomic E-state index is 0. The largest absolute Gasteiger partial charge is 1.00 e. The number of hydrogen-bond donors (Lipinski definition) is 1. The van der Waals surface area contributed by atoms with Crippen molar-refractivity contribution in [1.82, 2.24) is 0 Å². The first-order valence-corrected chi connectivity index (χ1v) is 4.15. The van der Waals surface area contributed by atoms with Crippen molar-refractivity contribution in [2.24, 2.45) is 4.99 Å². The molecule has 4 heteroatoms. The van der Waals surface area contributed by atoms with Gasteiger partial charge in [-0.1, -0.05) is 30.3 Å². The van der Waals surface area contributed by atoms with Crippen LogP contribution in [0.1, 0.15) is 5.56 Å². The second-order valence-corrected chi connectivity index (χ2v) is 3.09. The molecule has 14 heavy (non-hydrogen) atoms. The van der Waals surface area contributed by atoms with E-state index in [1.165, 1.54) is 6.34 Å². The second-order valence-electron chi connectivity index (χ2n) is 3.09. The van der Waals surface area contributed by atoms with Gasteiger partial charge in [0.25, 0.3) is 0 Å². The van der Waals surface area contributed by atoms with Gasteiger partial charge in [0, 0.05) is 5.56 Å². The third kappa shape index (κ3) is 2.42. The van der Waals surface area contributed by atoms with Crippen LogP contribution >= 0.6 is 0 Å². The number of hydroxylamine groups is 3. The van der Waals surface area contributed by atoms with Crippen molar-refractivity contribution in [3.8, 4) is 0 Å². The maximum Gasteiger partial charge on any atom is 0.228 e. The molecule has 1 heterocycles. The van der Waals surface area contributed by atoms with Crippen molar-refractivity contribution >= 4 is 6.34 Å². The van der Waals surface area contributed by atoms with E-state index in [4.69, 9.17) is 0 Å². The highest BCUT2D eigenvalue weighted by Gasteiger charge is 2.23. The third-order valence-electron chi connectivity index (χ3n) is 1.96. The topological polar surface area (TPSA) is 32.6 Å². The first kappa shape index (κ1) is 10.9. The lowest BCUT2D eigenvalue weighted by Gasteiger charge is -2.16. The molecule has 74 valence electrons. The summed E-state index contributed by atoms with van der Waals surface area (Å²) in [6.07, 6.45) is 4.75. The van der Waals surface area contributed by atoms with E-state index in [0.29, 0.717) is 6.54 Å². The van der Waals surface area contributed by atoms with Crippen molar-refractivity contribution in [3.63, 3.8) is 0 Å². The molecule has 2 rings (SSSR count). The third-order valence-corrected chi connectivity index (χ3v) is 1.96. The summed E-state index contributed by atoms with van der Waals surface area (Å²) in [5.74, 6) is 0. The van der Waals surface area contributed by atoms with Crippen LogP contribution < -0.4 is 12.4 Å². The molecule has 1 aliphatic rings. The average molecular weight is 211 g/mol. The average Bonchev–Trinajstić information content (AvgIpc) is 2.54. The van der Waals surface area contributed by atoms with Gasteiger partial charge in [0.2, 0.25) is 6.34 Å². The molecule has 0 saturated carbocycles. The number of hydrogen-bond acceptors (Lipinski definition) is 2. The maximum atomic E-state index is 9.85. The Bertz CT molecular complexity index is 336. The molecule has 0 saturated heterocycles. The van der Waals surface area contributed by atoms with E-state index < -0.39 is 0 Å². The van der Waals surface area contributed by atoms with Crippen molar-refractivity contribution in [3.05, 3.63) is 48.3 Å². The van der Waals surface area contributed by atoms with Gasteiger partial charge in [-0.3, -0.25) is 0 Å². The minimum atomic E-state index is -0.232. The summed E-state index contributed by atoms with van der Waals surface area (Å²) < 4.78 is -0.232. The zero-order valence-corrected chi connectivity index (χ0v) is 8.30. The van der Waals surface area contributed by atoms with Crippen LogP contribution in [0.25, 0.3) is 0 Å². The SMILES string of the molecule is O[N+]1(Cc2ccccc2)C=CN=C1.[Cl-]. The molecule has 1 aromatic carbocycles. The Hall–Kier alpha value is -1.16. The first-order chi connectivity index (χ1) is 6.29. The van der Waals surface area contributed by atoms with Gasteiger partial charge in [0.1, 0.15) is 6.54 Å². The predicted molar refractivity (Wildman–Crippen MR) is 49.8 cm³/mol. The Morgan fingerprint density at radius 3 is 2.50 bits per heavy atom. The number of quaternary nitrogens is 1. The fourth-order valence-electron chi connectivity index (χ4n) is 1.32. The van der Waals surface area contributed by atoms with Crippen LogP contribution in [0.4, 0.5) is 0 Å². The van der Waals surface area contributed by atoms with E-state index in [2.05, 4.69) is 4.99 Å². The number of rotatable bonds is 2. The lowest BCUT2D eigenvalue weighted by molar-refractivity contribution is -0.993. The smallest absolute Gasteiger partial charge is 0.228 e. The van der Waals surface area contributed by atoms with E-state index in [-0.39, 0.29) is 17.1 Å². The Morgan fingerprint density at radius 1 is 1.21 bits per heavy atom. The molecule has 1 unspecified atom stereocenters. The van der Waals surface area contributed by atoms with Gasteiger partial charge in [-0.25, -0.2) is 10.2 Å². The molecule has 0 radical (unpaired) electrons. The molecular weight excluding hydrogens is 200 g/mol. The molecule has 1 atom stereocenters. The van der Waals surface area contributed by atoms with Gasteiger partial charge in [-0.05, 0) is 0 Å². The van der Waals surface area contributed by atoms with Crippen LogP contribution in [-0.2, 0) is 6.54 Å². The summed E-state index contributed by atoms with van der Waals surface area (Å²) >= 11 is 0. The van der Waals surface area contributed by atoms with E-state index in [1.54, 1.807) is 12.4 Å². The van der Waals surface area contributed by atoms with Gasteiger partial charge in [0.15, 0.2) is 6.20 Å². The molecule has 1 N–H and O–H groups in total. The Morgan fingerprint density at radius 2 is 1.93 bits per heavy atom.